The monoisotopic (exact) mass is 290 g/mol. The van der Waals surface area contributed by atoms with Crippen LogP contribution in [0.15, 0.2) is 30.5 Å². The first-order valence-electron chi connectivity index (χ1n) is 7.08. The van der Waals surface area contributed by atoms with Crippen LogP contribution < -0.4 is 10.1 Å². The smallest absolute Gasteiger partial charge is 0.123 e. The second kappa shape index (κ2) is 7.41. The van der Waals surface area contributed by atoms with E-state index in [1.165, 1.54) is 15.4 Å². The van der Waals surface area contributed by atoms with Crippen LogP contribution in [0.25, 0.3) is 0 Å². The molecule has 1 atom stereocenters. The van der Waals surface area contributed by atoms with Crippen molar-refractivity contribution in [3.05, 3.63) is 45.9 Å². The largest absolute Gasteiger partial charge is 0.496 e. The molecule has 1 unspecified atom stereocenters. The molecule has 2 aromatic rings. The molecule has 0 radical (unpaired) electrons. The lowest BCUT2D eigenvalue weighted by atomic mass is 10.0. The first kappa shape index (κ1) is 15.0. The number of ether oxygens (including phenoxy) is 1. The summed E-state index contributed by atoms with van der Waals surface area (Å²) < 4.78 is 5.45. The van der Waals surface area contributed by atoms with Crippen LogP contribution in [0.2, 0.25) is 0 Å². The number of para-hydroxylation sites is 1. The molecule has 4 heteroatoms. The Balaban J connectivity index is 2.05. The number of benzene rings is 1. The van der Waals surface area contributed by atoms with Crippen LogP contribution in [0.1, 0.15) is 41.8 Å². The molecule has 0 saturated carbocycles. The van der Waals surface area contributed by atoms with Crippen molar-refractivity contribution >= 4 is 11.3 Å². The SMILES string of the molecule is CCc1ncc(CNC(CC)c2ccccc2OC)s1. The van der Waals surface area contributed by atoms with Crippen LogP contribution in [-0.2, 0) is 13.0 Å². The number of nitrogens with one attached hydrogen (secondary N) is 1. The van der Waals surface area contributed by atoms with E-state index in [1.807, 2.05) is 18.3 Å². The number of methoxy groups -OCH3 is 1. The molecule has 1 heterocycles. The Bertz CT molecular complexity index is 539. The van der Waals surface area contributed by atoms with E-state index in [2.05, 4.69) is 36.3 Å². The Morgan fingerprint density at radius 3 is 2.75 bits per heavy atom. The zero-order valence-electron chi connectivity index (χ0n) is 12.3. The molecule has 0 saturated heterocycles. The number of hydrogen-bond donors (Lipinski definition) is 1. The third kappa shape index (κ3) is 3.58. The van der Waals surface area contributed by atoms with E-state index in [0.29, 0.717) is 6.04 Å². The predicted octanol–water partition coefficient (Wildman–Crippen LogP) is 3.96. The van der Waals surface area contributed by atoms with Crippen molar-refractivity contribution in [1.29, 1.82) is 0 Å². The summed E-state index contributed by atoms with van der Waals surface area (Å²) in [5.74, 6) is 0.949. The Morgan fingerprint density at radius 2 is 2.10 bits per heavy atom. The minimum atomic E-state index is 0.304. The molecule has 0 bridgehead atoms. The lowest BCUT2D eigenvalue weighted by Crippen LogP contribution is -2.20. The van der Waals surface area contributed by atoms with Gasteiger partial charge in [0.1, 0.15) is 5.75 Å². The van der Waals surface area contributed by atoms with E-state index in [-0.39, 0.29) is 0 Å². The summed E-state index contributed by atoms with van der Waals surface area (Å²) in [4.78, 5) is 5.69. The molecular weight excluding hydrogens is 268 g/mol. The Hall–Kier alpha value is -1.39. The van der Waals surface area contributed by atoms with Gasteiger partial charge >= 0.3 is 0 Å². The average molecular weight is 290 g/mol. The molecule has 0 aliphatic carbocycles. The molecule has 20 heavy (non-hydrogen) atoms. The fourth-order valence-corrected chi connectivity index (χ4v) is 3.06. The minimum Gasteiger partial charge on any atom is -0.496 e. The van der Waals surface area contributed by atoms with Crippen LogP contribution in [0.5, 0.6) is 5.75 Å². The van der Waals surface area contributed by atoms with E-state index in [0.717, 1.165) is 25.1 Å². The Labute approximate surface area is 125 Å². The van der Waals surface area contributed by atoms with Gasteiger partial charge in [0.05, 0.1) is 12.1 Å². The van der Waals surface area contributed by atoms with Gasteiger partial charge in [0.25, 0.3) is 0 Å². The van der Waals surface area contributed by atoms with Crippen molar-refractivity contribution in [2.45, 2.75) is 39.3 Å². The van der Waals surface area contributed by atoms with Gasteiger partial charge in [0, 0.05) is 29.2 Å². The van der Waals surface area contributed by atoms with Crippen LogP contribution in [0, 0.1) is 0 Å². The summed E-state index contributed by atoms with van der Waals surface area (Å²) in [5.41, 5.74) is 1.22. The van der Waals surface area contributed by atoms with Crippen LogP contribution in [0.4, 0.5) is 0 Å². The number of hydrogen-bond acceptors (Lipinski definition) is 4. The standard InChI is InChI=1S/C16H22N2OS/c1-4-14(13-8-6-7-9-15(13)19-3)17-10-12-11-18-16(5-2)20-12/h6-9,11,14,17H,4-5,10H2,1-3H3. The summed E-state index contributed by atoms with van der Waals surface area (Å²) in [6.07, 6.45) is 4.01. The summed E-state index contributed by atoms with van der Waals surface area (Å²) in [7, 11) is 1.72. The number of nitrogens with zero attached hydrogens (tertiary/aromatic N) is 1. The fraction of sp³-hybridized carbons (Fsp3) is 0.438. The van der Waals surface area contributed by atoms with Gasteiger partial charge in [0.15, 0.2) is 0 Å². The molecule has 3 nitrogen and oxygen atoms in total. The molecule has 0 aliphatic heterocycles. The van der Waals surface area contributed by atoms with Crippen molar-refractivity contribution in [3.63, 3.8) is 0 Å². The summed E-state index contributed by atoms with van der Waals surface area (Å²) in [5, 5.41) is 4.81. The number of aryl methyl sites for hydroxylation is 1. The number of thiazole rings is 1. The van der Waals surface area contributed by atoms with Gasteiger partial charge in [-0.1, -0.05) is 32.0 Å². The topological polar surface area (TPSA) is 34.2 Å². The van der Waals surface area contributed by atoms with Gasteiger partial charge < -0.3 is 10.1 Å². The van der Waals surface area contributed by atoms with E-state index >= 15 is 0 Å². The maximum absolute atomic E-state index is 5.45. The quantitative estimate of drug-likeness (QED) is 0.838. The van der Waals surface area contributed by atoms with Crippen molar-refractivity contribution < 1.29 is 4.74 Å². The lowest BCUT2D eigenvalue weighted by molar-refractivity contribution is 0.396. The normalized spacial score (nSPS) is 12.3. The van der Waals surface area contributed by atoms with Crippen LogP contribution in [0.3, 0.4) is 0 Å². The first-order valence-corrected chi connectivity index (χ1v) is 7.90. The van der Waals surface area contributed by atoms with E-state index in [9.17, 15) is 0 Å². The highest BCUT2D eigenvalue weighted by Crippen LogP contribution is 2.27. The summed E-state index contributed by atoms with van der Waals surface area (Å²) in [6, 6.07) is 8.51. The molecule has 108 valence electrons. The van der Waals surface area contributed by atoms with Gasteiger partial charge in [0.2, 0.25) is 0 Å². The molecule has 1 N–H and O–H groups in total. The van der Waals surface area contributed by atoms with Crippen molar-refractivity contribution in [2.24, 2.45) is 0 Å². The molecule has 1 aromatic heterocycles. The lowest BCUT2D eigenvalue weighted by Gasteiger charge is -2.19. The van der Waals surface area contributed by atoms with E-state index in [4.69, 9.17) is 4.74 Å². The fourth-order valence-electron chi connectivity index (χ4n) is 2.25. The molecule has 2 rings (SSSR count). The number of rotatable bonds is 7. The van der Waals surface area contributed by atoms with Crippen molar-refractivity contribution in [3.8, 4) is 5.75 Å². The maximum atomic E-state index is 5.45. The molecule has 0 fully saturated rings. The highest BCUT2D eigenvalue weighted by molar-refractivity contribution is 7.11. The first-order chi connectivity index (χ1) is 9.78. The molecular formula is C16H22N2OS. The van der Waals surface area contributed by atoms with Crippen molar-refractivity contribution in [2.75, 3.05) is 7.11 Å². The van der Waals surface area contributed by atoms with Crippen LogP contribution >= 0.6 is 11.3 Å². The molecule has 0 spiro atoms. The van der Waals surface area contributed by atoms with Gasteiger partial charge in [-0.25, -0.2) is 4.98 Å². The van der Waals surface area contributed by atoms with Gasteiger partial charge in [-0.3, -0.25) is 0 Å². The highest BCUT2D eigenvalue weighted by atomic mass is 32.1. The van der Waals surface area contributed by atoms with Crippen LogP contribution in [-0.4, -0.2) is 12.1 Å². The zero-order valence-corrected chi connectivity index (χ0v) is 13.2. The Kier molecular flexibility index (Phi) is 5.56. The third-order valence-corrected chi connectivity index (χ3v) is 4.49. The molecule has 1 aromatic carbocycles. The predicted molar refractivity (Wildman–Crippen MR) is 84.4 cm³/mol. The third-order valence-electron chi connectivity index (χ3n) is 3.35. The highest BCUT2D eigenvalue weighted by Gasteiger charge is 2.13. The number of aromatic nitrogens is 1. The summed E-state index contributed by atoms with van der Waals surface area (Å²) in [6.45, 7) is 5.18. The second-order valence-electron chi connectivity index (χ2n) is 4.66. The maximum Gasteiger partial charge on any atom is 0.123 e. The second-order valence-corrected chi connectivity index (χ2v) is 5.86. The van der Waals surface area contributed by atoms with E-state index < -0.39 is 0 Å². The van der Waals surface area contributed by atoms with Crippen molar-refractivity contribution in [1.82, 2.24) is 10.3 Å². The minimum absolute atomic E-state index is 0.304. The summed E-state index contributed by atoms with van der Waals surface area (Å²) >= 11 is 1.79. The zero-order chi connectivity index (χ0) is 14.4. The average Bonchev–Trinajstić information content (AvgIpc) is 2.96. The Morgan fingerprint density at radius 1 is 1.30 bits per heavy atom. The van der Waals surface area contributed by atoms with E-state index in [1.54, 1.807) is 18.4 Å². The van der Waals surface area contributed by atoms with Gasteiger partial charge in [-0.2, -0.15) is 0 Å². The molecule has 0 aliphatic rings. The van der Waals surface area contributed by atoms with Gasteiger partial charge in [-0.15, -0.1) is 11.3 Å². The van der Waals surface area contributed by atoms with Gasteiger partial charge in [-0.05, 0) is 18.9 Å². The molecule has 0 amide bonds.